The van der Waals surface area contributed by atoms with Crippen molar-refractivity contribution in [2.24, 2.45) is 0 Å². The van der Waals surface area contributed by atoms with Gasteiger partial charge in [-0.3, -0.25) is 0 Å². The van der Waals surface area contributed by atoms with E-state index in [9.17, 15) is 18.0 Å². The van der Waals surface area contributed by atoms with Crippen LogP contribution >= 0.6 is 11.6 Å². The van der Waals surface area contributed by atoms with E-state index < -0.39 is 23.6 Å². The average molecular weight is 446 g/mol. The molecule has 164 valence electrons. The number of nitrogens with zero attached hydrogens (tertiary/aromatic N) is 1. The lowest BCUT2D eigenvalue weighted by Gasteiger charge is -2.32. The van der Waals surface area contributed by atoms with Gasteiger partial charge in [0.05, 0.1) is 30.8 Å². The molecule has 10 heteroatoms. The van der Waals surface area contributed by atoms with Crippen LogP contribution in [0, 0.1) is 0 Å². The van der Waals surface area contributed by atoms with Gasteiger partial charge in [-0.2, -0.15) is 13.2 Å². The predicted molar refractivity (Wildman–Crippen MR) is 108 cm³/mol. The lowest BCUT2D eigenvalue weighted by molar-refractivity contribution is -0.140. The number of nitrogens with one attached hydrogen (secondary N) is 2. The van der Waals surface area contributed by atoms with Crippen molar-refractivity contribution in [1.29, 1.82) is 0 Å². The lowest BCUT2D eigenvalue weighted by Crippen LogP contribution is -2.48. The van der Waals surface area contributed by atoms with Gasteiger partial charge < -0.3 is 20.1 Å². The Balaban J connectivity index is 1.79. The average Bonchev–Trinajstić information content (AvgIpc) is 2.59. The minimum Gasteiger partial charge on any atom is -0.444 e. The fraction of sp³-hybridized carbons (Fsp3) is 0.500. The number of carbonyl (C=O) groups is 1. The van der Waals surface area contributed by atoms with Crippen LogP contribution in [0.3, 0.4) is 0 Å². The van der Waals surface area contributed by atoms with Crippen LogP contribution in [0.25, 0.3) is 10.9 Å². The van der Waals surface area contributed by atoms with E-state index in [1.54, 1.807) is 26.8 Å². The first-order chi connectivity index (χ1) is 13.9. The molecule has 0 radical (unpaired) electrons. The second-order valence-electron chi connectivity index (χ2n) is 8.17. The van der Waals surface area contributed by atoms with E-state index >= 15 is 0 Å². The first kappa shape index (κ1) is 22.4. The zero-order valence-electron chi connectivity index (χ0n) is 16.8. The number of ether oxygens (including phenoxy) is 2. The lowest BCUT2D eigenvalue weighted by atomic mass is 10.0. The molecule has 1 amide bonds. The summed E-state index contributed by atoms with van der Waals surface area (Å²) in [7, 11) is 0. The number of aromatic nitrogens is 1. The van der Waals surface area contributed by atoms with E-state index in [0.717, 1.165) is 6.07 Å². The van der Waals surface area contributed by atoms with E-state index in [1.807, 2.05) is 0 Å². The molecule has 1 aliphatic heterocycles. The van der Waals surface area contributed by atoms with Crippen LogP contribution in [-0.2, 0) is 15.7 Å². The Hall–Kier alpha value is -2.26. The van der Waals surface area contributed by atoms with E-state index in [4.69, 9.17) is 21.1 Å². The molecule has 0 aliphatic carbocycles. The summed E-state index contributed by atoms with van der Waals surface area (Å²) < 4.78 is 50.7. The highest BCUT2D eigenvalue weighted by Crippen LogP contribution is 2.34. The molecule has 2 N–H and O–H groups in total. The van der Waals surface area contributed by atoms with Crippen LogP contribution in [0.4, 0.5) is 23.7 Å². The first-order valence-corrected chi connectivity index (χ1v) is 9.80. The van der Waals surface area contributed by atoms with E-state index in [2.05, 4.69) is 15.6 Å². The second kappa shape index (κ2) is 8.47. The first-order valence-electron chi connectivity index (χ1n) is 9.42. The number of benzene rings is 1. The van der Waals surface area contributed by atoms with Gasteiger partial charge in [0.2, 0.25) is 0 Å². The topological polar surface area (TPSA) is 72.5 Å². The Kier molecular flexibility index (Phi) is 6.33. The number of hydrogen-bond donors (Lipinski definition) is 2. The molecule has 2 atom stereocenters. The third-order valence-corrected chi connectivity index (χ3v) is 4.58. The molecule has 1 aliphatic rings. The highest BCUT2D eigenvalue weighted by molar-refractivity contribution is 6.31. The van der Waals surface area contributed by atoms with Crippen molar-refractivity contribution in [3.05, 3.63) is 35.0 Å². The second-order valence-corrected chi connectivity index (χ2v) is 8.61. The van der Waals surface area contributed by atoms with Gasteiger partial charge in [0, 0.05) is 16.1 Å². The SMILES string of the molecule is CC(C)(C)OC(=O)N[C@@H]1COC[C@H](Nc2cc(C(F)(F)F)nc3ccc(Cl)cc23)C1. The van der Waals surface area contributed by atoms with Gasteiger partial charge in [0.15, 0.2) is 0 Å². The van der Waals surface area contributed by atoms with Crippen LogP contribution in [-0.4, -0.2) is 42.0 Å². The normalized spacial score (nSPS) is 20.1. The summed E-state index contributed by atoms with van der Waals surface area (Å²) in [6, 6.07) is 4.79. The number of carbonyl (C=O) groups excluding carboxylic acids is 1. The molecular weight excluding hydrogens is 423 g/mol. The zero-order chi connectivity index (χ0) is 22.1. The van der Waals surface area contributed by atoms with Gasteiger partial charge in [-0.1, -0.05) is 11.6 Å². The fourth-order valence-corrected chi connectivity index (χ4v) is 3.36. The van der Waals surface area contributed by atoms with Crippen molar-refractivity contribution in [3.8, 4) is 0 Å². The summed E-state index contributed by atoms with van der Waals surface area (Å²) in [4.78, 5) is 15.7. The molecular formula is C20H23ClF3N3O3. The largest absolute Gasteiger partial charge is 0.444 e. The highest BCUT2D eigenvalue weighted by atomic mass is 35.5. The summed E-state index contributed by atoms with van der Waals surface area (Å²) in [5.74, 6) is 0. The highest BCUT2D eigenvalue weighted by Gasteiger charge is 2.34. The molecule has 0 spiro atoms. The molecule has 0 bridgehead atoms. The number of alkyl carbamates (subject to hydrolysis) is 1. The summed E-state index contributed by atoms with van der Waals surface area (Å²) >= 11 is 6.03. The maximum atomic E-state index is 13.3. The van der Waals surface area contributed by atoms with E-state index in [-0.39, 0.29) is 36.5 Å². The summed E-state index contributed by atoms with van der Waals surface area (Å²) in [6.45, 7) is 5.83. The Bertz CT molecular complexity index is 931. The van der Waals surface area contributed by atoms with Crippen molar-refractivity contribution in [2.75, 3.05) is 18.5 Å². The van der Waals surface area contributed by atoms with Crippen LogP contribution in [0.1, 0.15) is 32.9 Å². The van der Waals surface area contributed by atoms with Gasteiger partial charge in [-0.25, -0.2) is 9.78 Å². The summed E-state index contributed by atoms with van der Waals surface area (Å²) in [5.41, 5.74) is -1.21. The Morgan fingerprint density at radius 1 is 1.20 bits per heavy atom. The van der Waals surface area contributed by atoms with Crippen LogP contribution in [0.5, 0.6) is 0 Å². The Labute approximate surface area is 177 Å². The van der Waals surface area contributed by atoms with Gasteiger partial charge in [0.1, 0.15) is 11.3 Å². The molecule has 0 unspecified atom stereocenters. The minimum atomic E-state index is -4.59. The van der Waals surface area contributed by atoms with Gasteiger partial charge in [-0.05, 0) is 51.5 Å². The molecule has 3 rings (SSSR count). The Morgan fingerprint density at radius 3 is 2.57 bits per heavy atom. The monoisotopic (exact) mass is 445 g/mol. The minimum absolute atomic E-state index is 0.178. The summed E-state index contributed by atoms with van der Waals surface area (Å²) in [6.07, 6.45) is -4.71. The molecule has 1 saturated heterocycles. The predicted octanol–water partition coefficient (Wildman–Crippen LogP) is 5.00. The van der Waals surface area contributed by atoms with E-state index in [0.29, 0.717) is 16.8 Å². The number of alkyl halides is 3. The molecule has 6 nitrogen and oxygen atoms in total. The van der Waals surface area contributed by atoms with Crippen molar-refractivity contribution >= 4 is 34.3 Å². The number of amides is 1. The third kappa shape index (κ3) is 5.89. The van der Waals surface area contributed by atoms with Crippen molar-refractivity contribution in [2.45, 2.75) is 51.1 Å². The van der Waals surface area contributed by atoms with Crippen LogP contribution in [0.15, 0.2) is 24.3 Å². The maximum absolute atomic E-state index is 13.3. The number of anilines is 1. The molecule has 1 aromatic carbocycles. The Morgan fingerprint density at radius 2 is 1.90 bits per heavy atom. The summed E-state index contributed by atoms with van der Waals surface area (Å²) in [5, 5.41) is 6.69. The van der Waals surface area contributed by atoms with Crippen molar-refractivity contribution in [3.63, 3.8) is 0 Å². The number of hydrogen-bond acceptors (Lipinski definition) is 5. The molecule has 30 heavy (non-hydrogen) atoms. The quantitative estimate of drug-likeness (QED) is 0.695. The van der Waals surface area contributed by atoms with Gasteiger partial charge >= 0.3 is 12.3 Å². The number of halogens is 4. The van der Waals surface area contributed by atoms with Crippen LogP contribution in [0.2, 0.25) is 5.02 Å². The fourth-order valence-electron chi connectivity index (χ4n) is 3.19. The van der Waals surface area contributed by atoms with Crippen molar-refractivity contribution in [1.82, 2.24) is 10.3 Å². The smallest absolute Gasteiger partial charge is 0.433 e. The molecule has 2 aromatic rings. The molecule has 1 aromatic heterocycles. The molecule has 0 saturated carbocycles. The van der Waals surface area contributed by atoms with Crippen molar-refractivity contribution < 1.29 is 27.4 Å². The maximum Gasteiger partial charge on any atom is 0.433 e. The van der Waals surface area contributed by atoms with Crippen LogP contribution < -0.4 is 10.6 Å². The van der Waals surface area contributed by atoms with Gasteiger partial charge in [0.25, 0.3) is 0 Å². The number of pyridine rings is 1. The third-order valence-electron chi connectivity index (χ3n) is 4.35. The van der Waals surface area contributed by atoms with E-state index in [1.165, 1.54) is 12.1 Å². The number of fused-ring (bicyclic) bond motifs is 1. The van der Waals surface area contributed by atoms with Gasteiger partial charge in [-0.15, -0.1) is 0 Å². The standard InChI is InChI=1S/C20H23ClF3N3O3/c1-19(2,3)30-18(28)26-13-7-12(9-29-10-13)25-16-8-17(20(22,23)24)27-15-5-4-11(21)6-14(15)16/h4-6,8,12-13H,7,9-10H2,1-3H3,(H,25,27)(H,26,28)/t12-,13+/m1/s1. The number of rotatable bonds is 3. The molecule has 1 fully saturated rings. The zero-order valence-corrected chi connectivity index (χ0v) is 17.5. The molecule has 2 heterocycles.